The van der Waals surface area contributed by atoms with Gasteiger partial charge in [0.1, 0.15) is 0 Å². The Morgan fingerprint density at radius 1 is 1.69 bits per heavy atom. The molecule has 4 heteroatoms. The summed E-state index contributed by atoms with van der Waals surface area (Å²) in [5, 5.41) is 4.13. The quantitative estimate of drug-likeness (QED) is 0.559. The van der Waals surface area contributed by atoms with Crippen molar-refractivity contribution >= 4 is 0 Å². The predicted octanol–water partition coefficient (Wildman–Crippen LogP) is 1.32. The molecule has 0 aromatic carbocycles. The van der Waals surface area contributed by atoms with E-state index in [1.54, 1.807) is 4.68 Å². The van der Waals surface area contributed by atoms with E-state index in [4.69, 9.17) is 5.73 Å². The minimum atomic E-state index is 0.0439. The molecule has 0 aliphatic carbocycles. The van der Waals surface area contributed by atoms with Crippen LogP contribution in [0.15, 0.2) is 25.0 Å². The Labute approximate surface area is 97.7 Å². The lowest BCUT2D eigenvalue weighted by Gasteiger charge is -2.20. The van der Waals surface area contributed by atoms with Crippen molar-refractivity contribution in [2.75, 3.05) is 20.1 Å². The summed E-state index contributed by atoms with van der Waals surface area (Å²) in [5.41, 5.74) is 7.19. The van der Waals surface area contributed by atoms with Crippen molar-refractivity contribution < 1.29 is 0 Å². The van der Waals surface area contributed by atoms with Gasteiger partial charge in [-0.05, 0) is 26.4 Å². The Morgan fingerprint density at radius 2 is 2.44 bits per heavy atom. The number of hydrogen-bond acceptors (Lipinski definition) is 3. The number of likely N-dealkylation sites (N-methyl/N-ethyl adjacent to an activating group) is 1. The highest BCUT2D eigenvalue weighted by molar-refractivity contribution is 5.09. The third kappa shape index (κ3) is 4.16. The molecule has 2 N–H and O–H groups in total. The summed E-state index contributed by atoms with van der Waals surface area (Å²) in [7, 11) is 4.00. The van der Waals surface area contributed by atoms with Gasteiger partial charge in [-0.3, -0.25) is 4.68 Å². The van der Waals surface area contributed by atoms with E-state index in [2.05, 4.69) is 23.6 Å². The molecule has 16 heavy (non-hydrogen) atoms. The van der Waals surface area contributed by atoms with Crippen LogP contribution < -0.4 is 5.73 Å². The van der Waals surface area contributed by atoms with Crippen molar-refractivity contribution in [2.45, 2.75) is 18.9 Å². The van der Waals surface area contributed by atoms with Crippen LogP contribution in [0, 0.1) is 0 Å². The molecule has 0 spiro atoms. The maximum atomic E-state index is 6.10. The molecule has 1 heterocycles. The zero-order valence-corrected chi connectivity index (χ0v) is 10.3. The lowest BCUT2D eigenvalue weighted by molar-refractivity contribution is 0.309. The molecule has 0 amide bonds. The van der Waals surface area contributed by atoms with Crippen molar-refractivity contribution in [1.29, 1.82) is 0 Å². The van der Waals surface area contributed by atoms with Crippen molar-refractivity contribution in [3.8, 4) is 0 Å². The van der Waals surface area contributed by atoms with Gasteiger partial charge in [0.05, 0.1) is 6.20 Å². The predicted molar refractivity (Wildman–Crippen MR) is 67.1 cm³/mol. The zero-order valence-electron chi connectivity index (χ0n) is 10.3. The van der Waals surface area contributed by atoms with Gasteiger partial charge in [-0.1, -0.05) is 6.08 Å². The molecule has 1 atom stereocenters. The van der Waals surface area contributed by atoms with Gasteiger partial charge in [0.25, 0.3) is 0 Å². The normalized spacial score (nSPS) is 13.0. The number of aromatic nitrogens is 2. The van der Waals surface area contributed by atoms with Gasteiger partial charge in [-0.15, -0.1) is 6.58 Å². The smallest absolute Gasteiger partial charge is 0.0537 e. The molecule has 0 saturated heterocycles. The van der Waals surface area contributed by atoms with Crippen LogP contribution in [0.2, 0.25) is 0 Å². The largest absolute Gasteiger partial charge is 0.323 e. The second-order valence-electron chi connectivity index (χ2n) is 4.25. The van der Waals surface area contributed by atoms with E-state index in [1.807, 2.05) is 25.5 Å². The molecule has 0 fully saturated rings. The molecule has 0 radical (unpaired) electrons. The molecule has 0 aliphatic rings. The Balaban J connectivity index is 2.33. The average molecular weight is 222 g/mol. The van der Waals surface area contributed by atoms with Gasteiger partial charge in [-0.2, -0.15) is 5.10 Å². The van der Waals surface area contributed by atoms with E-state index in [0.717, 1.165) is 31.5 Å². The second-order valence-corrected chi connectivity index (χ2v) is 4.25. The van der Waals surface area contributed by atoms with Crippen LogP contribution in [0.1, 0.15) is 24.4 Å². The zero-order chi connectivity index (χ0) is 12.0. The van der Waals surface area contributed by atoms with Gasteiger partial charge in [0.2, 0.25) is 0 Å². The van der Waals surface area contributed by atoms with Crippen molar-refractivity contribution in [3.63, 3.8) is 0 Å². The Kier molecular flexibility index (Phi) is 5.22. The number of aryl methyl sites for hydroxylation is 1. The van der Waals surface area contributed by atoms with E-state index < -0.39 is 0 Å². The first-order valence-corrected chi connectivity index (χ1v) is 5.67. The van der Waals surface area contributed by atoms with Gasteiger partial charge in [0.15, 0.2) is 0 Å². The van der Waals surface area contributed by atoms with Crippen LogP contribution in [0.3, 0.4) is 0 Å². The number of nitrogens with two attached hydrogens (primary N) is 1. The monoisotopic (exact) mass is 222 g/mol. The molecule has 0 aliphatic heterocycles. The highest BCUT2D eigenvalue weighted by Gasteiger charge is 2.10. The van der Waals surface area contributed by atoms with Gasteiger partial charge in [0, 0.05) is 31.4 Å². The molecular formula is C12H22N4. The number of hydrogen-bond donors (Lipinski definition) is 1. The first kappa shape index (κ1) is 12.9. The molecule has 90 valence electrons. The van der Waals surface area contributed by atoms with Crippen LogP contribution in [-0.4, -0.2) is 34.8 Å². The minimum absolute atomic E-state index is 0.0439. The fraction of sp³-hybridized carbons (Fsp3) is 0.583. The Morgan fingerprint density at radius 3 is 3.00 bits per heavy atom. The van der Waals surface area contributed by atoms with Crippen LogP contribution in [0.4, 0.5) is 0 Å². The van der Waals surface area contributed by atoms with Crippen LogP contribution in [-0.2, 0) is 7.05 Å². The summed E-state index contributed by atoms with van der Waals surface area (Å²) >= 11 is 0. The van der Waals surface area contributed by atoms with Gasteiger partial charge in [-0.25, -0.2) is 0 Å². The fourth-order valence-electron chi connectivity index (χ4n) is 1.67. The number of rotatable bonds is 7. The lowest BCUT2D eigenvalue weighted by Crippen LogP contribution is -2.29. The van der Waals surface area contributed by atoms with Gasteiger partial charge < -0.3 is 10.6 Å². The Hall–Kier alpha value is -1.13. The van der Waals surface area contributed by atoms with Crippen LogP contribution in [0.25, 0.3) is 0 Å². The minimum Gasteiger partial charge on any atom is -0.323 e. The number of nitrogens with zero attached hydrogens (tertiary/aromatic N) is 3. The molecule has 1 rings (SSSR count). The number of allylic oxidation sites excluding steroid dienone is 1. The first-order chi connectivity index (χ1) is 7.63. The van der Waals surface area contributed by atoms with E-state index in [9.17, 15) is 0 Å². The van der Waals surface area contributed by atoms with Crippen LogP contribution >= 0.6 is 0 Å². The Bertz CT molecular complexity index is 319. The summed E-state index contributed by atoms with van der Waals surface area (Å²) in [6, 6.07) is 0.0439. The molecular weight excluding hydrogens is 200 g/mol. The molecule has 0 saturated carbocycles. The number of unbranched alkanes of at least 4 members (excludes halogenated alkanes) is 1. The van der Waals surface area contributed by atoms with Crippen molar-refractivity contribution in [1.82, 2.24) is 14.7 Å². The van der Waals surface area contributed by atoms with E-state index >= 15 is 0 Å². The second kappa shape index (κ2) is 6.45. The van der Waals surface area contributed by atoms with Crippen LogP contribution in [0.5, 0.6) is 0 Å². The highest BCUT2D eigenvalue weighted by Crippen LogP contribution is 2.09. The summed E-state index contributed by atoms with van der Waals surface area (Å²) in [4.78, 5) is 2.25. The standard InChI is InChI=1S/C12H22N4/c1-4-5-6-7-15(2)10-12(13)11-8-14-16(3)9-11/h4,8-9,12H,1,5-7,10,13H2,2-3H3. The molecule has 1 aromatic rings. The highest BCUT2D eigenvalue weighted by atomic mass is 15.2. The average Bonchev–Trinajstić information content (AvgIpc) is 2.65. The molecule has 4 nitrogen and oxygen atoms in total. The molecule has 1 unspecified atom stereocenters. The molecule has 1 aromatic heterocycles. The SMILES string of the molecule is C=CCCCN(C)CC(N)c1cnn(C)c1. The first-order valence-electron chi connectivity index (χ1n) is 5.67. The maximum absolute atomic E-state index is 6.10. The lowest BCUT2D eigenvalue weighted by atomic mass is 10.1. The van der Waals surface area contributed by atoms with Crippen molar-refractivity contribution in [3.05, 3.63) is 30.6 Å². The molecule has 0 bridgehead atoms. The van der Waals surface area contributed by atoms with Gasteiger partial charge >= 0.3 is 0 Å². The van der Waals surface area contributed by atoms with E-state index in [-0.39, 0.29) is 6.04 Å². The topological polar surface area (TPSA) is 47.1 Å². The van der Waals surface area contributed by atoms with E-state index in [0.29, 0.717) is 0 Å². The summed E-state index contributed by atoms with van der Waals surface area (Å²) in [6.07, 6.45) is 7.96. The maximum Gasteiger partial charge on any atom is 0.0537 e. The van der Waals surface area contributed by atoms with E-state index in [1.165, 1.54) is 0 Å². The summed E-state index contributed by atoms with van der Waals surface area (Å²) in [6.45, 7) is 5.63. The summed E-state index contributed by atoms with van der Waals surface area (Å²) in [5.74, 6) is 0. The third-order valence-corrected chi connectivity index (χ3v) is 2.61. The van der Waals surface area contributed by atoms with Crippen molar-refractivity contribution in [2.24, 2.45) is 12.8 Å². The third-order valence-electron chi connectivity index (χ3n) is 2.61. The summed E-state index contributed by atoms with van der Waals surface area (Å²) < 4.78 is 1.78. The fourth-order valence-corrected chi connectivity index (χ4v) is 1.67.